The summed E-state index contributed by atoms with van der Waals surface area (Å²) in [7, 11) is 0. The normalized spacial score (nSPS) is 16.1. The number of carboxylic acids is 1. The Labute approximate surface area is 76.2 Å². The third-order valence-corrected chi connectivity index (χ3v) is 2.30. The molecule has 1 N–H and O–H groups in total. The first-order valence-electron chi connectivity index (χ1n) is 4.43. The van der Waals surface area contributed by atoms with Crippen LogP contribution < -0.4 is 0 Å². The molecule has 1 aromatic heterocycles. The van der Waals surface area contributed by atoms with Gasteiger partial charge in [-0.1, -0.05) is 0 Å². The first-order chi connectivity index (χ1) is 6.18. The van der Waals surface area contributed by atoms with E-state index in [-0.39, 0.29) is 6.42 Å². The van der Waals surface area contributed by atoms with Crippen molar-refractivity contribution < 1.29 is 9.90 Å². The molecule has 0 aromatic carbocycles. The van der Waals surface area contributed by atoms with E-state index >= 15 is 0 Å². The molecule has 4 heteroatoms. The summed E-state index contributed by atoms with van der Waals surface area (Å²) in [6, 6.07) is 0.511. The Bertz CT molecular complexity index is 339. The summed E-state index contributed by atoms with van der Waals surface area (Å²) >= 11 is 0. The van der Waals surface area contributed by atoms with Crippen molar-refractivity contribution in [3.8, 4) is 0 Å². The first-order valence-corrected chi connectivity index (χ1v) is 4.43. The standard InChI is InChI=1S/C9H12N2O2/c1-6-10-5-8(4-9(12)13)11(6)7-2-3-7/h5,7H,2-4H2,1H3,(H,12,13). The molecule has 0 unspecified atom stereocenters. The Morgan fingerprint density at radius 1 is 1.77 bits per heavy atom. The molecule has 1 aliphatic rings. The number of aliphatic carboxylic acids is 1. The number of carbonyl (C=O) groups is 1. The first kappa shape index (κ1) is 8.29. The maximum Gasteiger partial charge on any atom is 0.309 e. The Morgan fingerprint density at radius 3 is 3.00 bits per heavy atom. The van der Waals surface area contributed by atoms with Gasteiger partial charge in [0.25, 0.3) is 0 Å². The molecular formula is C9H12N2O2. The molecule has 0 spiro atoms. The van der Waals surface area contributed by atoms with Crippen LogP contribution in [0.3, 0.4) is 0 Å². The van der Waals surface area contributed by atoms with Crippen molar-refractivity contribution in [1.29, 1.82) is 0 Å². The van der Waals surface area contributed by atoms with Crippen LogP contribution in [0.25, 0.3) is 0 Å². The number of aromatic nitrogens is 2. The van der Waals surface area contributed by atoms with Crippen LogP contribution in [0.5, 0.6) is 0 Å². The highest BCUT2D eigenvalue weighted by Gasteiger charge is 2.27. The molecule has 13 heavy (non-hydrogen) atoms. The summed E-state index contributed by atoms with van der Waals surface area (Å²) in [5.41, 5.74) is 0.826. The maximum atomic E-state index is 10.5. The van der Waals surface area contributed by atoms with Crippen molar-refractivity contribution >= 4 is 5.97 Å². The molecule has 70 valence electrons. The lowest BCUT2D eigenvalue weighted by atomic mass is 10.3. The molecular weight excluding hydrogens is 168 g/mol. The molecule has 0 saturated heterocycles. The van der Waals surface area contributed by atoms with E-state index in [9.17, 15) is 4.79 Å². The number of nitrogens with zero attached hydrogens (tertiary/aromatic N) is 2. The van der Waals surface area contributed by atoms with E-state index in [0.717, 1.165) is 24.4 Å². The molecule has 0 radical (unpaired) electrons. The summed E-state index contributed by atoms with van der Waals surface area (Å²) < 4.78 is 2.05. The quantitative estimate of drug-likeness (QED) is 0.759. The lowest BCUT2D eigenvalue weighted by Crippen LogP contribution is -2.08. The van der Waals surface area contributed by atoms with Gasteiger partial charge in [0.05, 0.1) is 6.42 Å². The van der Waals surface area contributed by atoms with E-state index in [1.807, 2.05) is 11.5 Å². The minimum Gasteiger partial charge on any atom is -0.481 e. The summed E-state index contributed by atoms with van der Waals surface area (Å²) in [6.07, 6.45) is 4.06. The van der Waals surface area contributed by atoms with Gasteiger partial charge >= 0.3 is 5.97 Å². The zero-order valence-electron chi connectivity index (χ0n) is 7.53. The second kappa shape index (κ2) is 2.87. The fourth-order valence-corrected chi connectivity index (χ4v) is 1.62. The Morgan fingerprint density at radius 2 is 2.46 bits per heavy atom. The van der Waals surface area contributed by atoms with Gasteiger partial charge < -0.3 is 9.67 Å². The van der Waals surface area contributed by atoms with Gasteiger partial charge in [0.2, 0.25) is 0 Å². The van der Waals surface area contributed by atoms with E-state index in [1.165, 1.54) is 0 Å². The number of imidazole rings is 1. The largest absolute Gasteiger partial charge is 0.481 e. The highest BCUT2D eigenvalue weighted by Crippen LogP contribution is 2.36. The molecule has 0 bridgehead atoms. The van der Waals surface area contributed by atoms with Crippen LogP contribution >= 0.6 is 0 Å². The molecule has 0 amide bonds. The third kappa shape index (κ3) is 1.56. The van der Waals surface area contributed by atoms with Gasteiger partial charge in [0.15, 0.2) is 0 Å². The van der Waals surface area contributed by atoms with Gasteiger partial charge in [-0.2, -0.15) is 0 Å². The minimum absolute atomic E-state index is 0.0807. The number of rotatable bonds is 3. The second-order valence-corrected chi connectivity index (χ2v) is 3.47. The van der Waals surface area contributed by atoms with Gasteiger partial charge in [-0.3, -0.25) is 4.79 Å². The van der Waals surface area contributed by atoms with Gasteiger partial charge in [-0.05, 0) is 19.8 Å². The zero-order chi connectivity index (χ0) is 9.42. The molecule has 4 nitrogen and oxygen atoms in total. The van der Waals surface area contributed by atoms with Gasteiger partial charge in [-0.25, -0.2) is 4.98 Å². The zero-order valence-corrected chi connectivity index (χ0v) is 7.53. The molecule has 1 saturated carbocycles. The van der Waals surface area contributed by atoms with Gasteiger partial charge in [0, 0.05) is 17.9 Å². The minimum atomic E-state index is -0.790. The molecule has 0 atom stereocenters. The van der Waals surface area contributed by atoms with Crippen molar-refractivity contribution in [1.82, 2.24) is 9.55 Å². The average molecular weight is 180 g/mol. The van der Waals surface area contributed by atoms with E-state index < -0.39 is 5.97 Å². The highest BCUT2D eigenvalue weighted by atomic mass is 16.4. The molecule has 0 aliphatic heterocycles. The van der Waals surface area contributed by atoms with Crippen molar-refractivity contribution in [2.45, 2.75) is 32.2 Å². The predicted octanol–water partition coefficient (Wildman–Crippen LogP) is 1.15. The summed E-state index contributed by atoms with van der Waals surface area (Å²) in [5.74, 6) is 0.139. The predicted molar refractivity (Wildman–Crippen MR) is 46.6 cm³/mol. The average Bonchev–Trinajstić information content (AvgIpc) is 2.79. The summed E-state index contributed by atoms with van der Waals surface area (Å²) in [5, 5.41) is 8.66. The number of hydrogen-bond acceptors (Lipinski definition) is 2. The molecule has 2 rings (SSSR count). The van der Waals surface area contributed by atoms with E-state index in [0.29, 0.717) is 6.04 Å². The Balaban J connectivity index is 2.28. The van der Waals surface area contributed by atoms with Crippen LogP contribution in [-0.4, -0.2) is 20.6 Å². The monoisotopic (exact) mass is 180 g/mol. The lowest BCUT2D eigenvalue weighted by molar-refractivity contribution is -0.136. The van der Waals surface area contributed by atoms with Crippen LogP contribution in [0.15, 0.2) is 6.20 Å². The summed E-state index contributed by atoms with van der Waals surface area (Å²) in [6.45, 7) is 1.92. The van der Waals surface area contributed by atoms with Crippen LogP contribution in [0, 0.1) is 6.92 Å². The number of hydrogen-bond donors (Lipinski definition) is 1. The summed E-state index contributed by atoms with van der Waals surface area (Å²) in [4.78, 5) is 14.7. The number of aryl methyl sites for hydroxylation is 1. The van der Waals surface area contributed by atoms with E-state index in [1.54, 1.807) is 6.20 Å². The molecule has 1 aliphatic carbocycles. The maximum absolute atomic E-state index is 10.5. The molecule has 1 heterocycles. The number of carboxylic acid groups (broad SMARTS) is 1. The SMILES string of the molecule is Cc1ncc(CC(=O)O)n1C1CC1. The smallest absolute Gasteiger partial charge is 0.309 e. The van der Waals surface area contributed by atoms with E-state index in [4.69, 9.17) is 5.11 Å². The highest BCUT2D eigenvalue weighted by molar-refractivity contribution is 5.69. The third-order valence-electron chi connectivity index (χ3n) is 2.30. The fourth-order valence-electron chi connectivity index (χ4n) is 1.62. The van der Waals surface area contributed by atoms with E-state index in [2.05, 4.69) is 4.98 Å². The molecule has 1 fully saturated rings. The van der Waals surface area contributed by atoms with Crippen molar-refractivity contribution in [2.75, 3.05) is 0 Å². The Hall–Kier alpha value is -1.32. The topological polar surface area (TPSA) is 55.1 Å². The Kier molecular flexibility index (Phi) is 1.83. The second-order valence-electron chi connectivity index (χ2n) is 3.47. The van der Waals surface area contributed by atoms with Crippen LogP contribution in [0.4, 0.5) is 0 Å². The van der Waals surface area contributed by atoms with Crippen LogP contribution in [-0.2, 0) is 11.2 Å². The lowest BCUT2D eigenvalue weighted by Gasteiger charge is -2.06. The molecule has 1 aromatic rings. The van der Waals surface area contributed by atoms with Gasteiger partial charge in [-0.15, -0.1) is 0 Å². The van der Waals surface area contributed by atoms with Crippen LogP contribution in [0.1, 0.15) is 30.4 Å². The van der Waals surface area contributed by atoms with Crippen LogP contribution in [0.2, 0.25) is 0 Å². The van der Waals surface area contributed by atoms with Crippen molar-refractivity contribution in [3.05, 3.63) is 17.7 Å². The fraction of sp³-hybridized carbons (Fsp3) is 0.556. The van der Waals surface area contributed by atoms with Crippen molar-refractivity contribution in [2.24, 2.45) is 0 Å². The van der Waals surface area contributed by atoms with Gasteiger partial charge in [0.1, 0.15) is 5.82 Å². The van der Waals surface area contributed by atoms with Crippen molar-refractivity contribution in [3.63, 3.8) is 0 Å².